The third kappa shape index (κ3) is 3.21. The van der Waals surface area contributed by atoms with Crippen molar-refractivity contribution < 1.29 is 9.13 Å². The van der Waals surface area contributed by atoms with Gasteiger partial charge >= 0.3 is 0 Å². The molecular weight excluding hydrogens is 430 g/mol. The van der Waals surface area contributed by atoms with Crippen LogP contribution in [0.25, 0.3) is 11.4 Å². The smallest absolute Gasteiger partial charge is 0.264 e. The van der Waals surface area contributed by atoms with Gasteiger partial charge < -0.3 is 9.72 Å². The molecule has 0 aliphatic heterocycles. The van der Waals surface area contributed by atoms with Crippen LogP contribution < -0.4 is 5.56 Å². The van der Waals surface area contributed by atoms with E-state index in [1.165, 1.54) is 19.2 Å². The Morgan fingerprint density at radius 2 is 2.26 bits per heavy atom. The SMILES string of the molecule is COCc1nc(-c2ccc(F)cc2Br)[nH]c(=O)c1I. The predicted octanol–water partition coefficient (Wildman–Crippen LogP) is 3.09. The lowest BCUT2D eigenvalue weighted by Crippen LogP contribution is -2.16. The van der Waals surface area contributed by atoms with Gasteiger partial charge in [-0.2, -0.15) is 0 Å². The zero-order chi connectivity index (χ0) is 14.0. The minimum absolute atomic E-state index is 0.242. The molecule has 2 aromatic rings. The molecule has 0 bridgehead atoms. The van der Waals surface area contributed by atoms with Crippen molar-refractivity contribution in [2.24, 2.45) is 0 Å². The summed E-state index contributed by atoms with van der Waals surface area (Å²) in [5.74, 6) is 0.0185. The lowest BCUT2D eigenvalue weighted by atomic mass is 10.2. The molecule has 0 fully saturated rings. The van der Waals surface area contributed by atoms with E-state index in [0.717, 1.165) is 0 Å². The van der Waals surface area contributed by atoms with Crippen molar-refractivity contribution in [1.82, 2.24) is 9.97 Å². The van der Waals surface area contributed by atoms with E-state index >= 15 is 0 Å². The van der Waals surface area contributed by atoms with Crippen molar-refractivity contribution in [3.63, 3.8) is 0 Å². The maximum Gasteiger partial charge on any atom is 0.264 e. The second-order valence-corrected chi connectivity index (χ2v) is 5.67. The first-order valence-electron chi connectivity index (χ1n) is 5.26. The van der Waals surface area contributed by atoms with E-state index in [4.69, 9.17) is 4.74 Å². The van der Waals surface area contributed by atoms with Crippen LogP contribution in [-0.2, 0) is 11.3 Å². The van der Waals surface area contributed by atoms with E-state index in [1.807, 2.05) is 22.6 Å². The summed E-state index contributed by atoms with van der Waals surface area (Å²) in [6.45, 7) is 0.244. The molecule has 0 aliphatic carbocycles. The van der Waals surface area contributed by atoms with Crippen LogP contribution in [0.2, 0.25) is 0 Å². The molecule has 0 spiro atoms. The molecule has 0 saturated heterocycles. The number of rotatable bonds is 3. The zero-order valence-electron chi connectivity index (χ0n) is 9.84. The highest BCUT2D eigenvalue weighted by Crippen LogP contribution is 2.26. The fraction of sp³-hybridized carbons (Fsp3) is 0.167. The summed E-state index contributed by atoms with van der Waals surface area (Å²) in [6.07, 6.45) is 0. The number of aromatic amines is 1. The number of halogens is 3. The third-order valence-electron chi connectivity index (χ3n) is 2.40. The molecule has 1 aromatic heterocycles. The second-order valence-electron chi connectivity index (χ2n) is 3.73. The number of methoxy groups -OCH3 is 1. The highest BCUT2D eigenvalue weighted by atomic mass is 127. The number of hydrogen-bond acceptors (Lipinski definition) is 3. The standard InChI is InChI=1S/C12H9BrFIN2O2/c1-19-5-9-10(15)12(18)17-11(16-9)7-3-2-6(14)4-8(7)13/h2-4H,5H2,1H3,(H,16,17,18). The fourth-order valence-corrected chi connectivity index (χ4v) is 2.50. The fourth-order valence-electron chi connectivity index (χ4n) is 1.55. The molecule has 100 valence electrons. The number of hydrogen-bond donors (Lipinski definition) is 1. The van der Waals surface area contributed by atoms with Gasteiger partial charge in [0, 0.05) is 17.1 Å². The monoisotopic (exact) mass is 438 g/mol. The molecule has 1 heterocycles. The minimum Gasteiger partial charge on any atom is -0.378 e. The van der Waals surface area contributed by atoms with E-state index in [9.17, 15) is 9.18 Å². The number of benzene rings is 1. The first kappa shape index (κ1) is 14.6. The average Bonchev–Trinajstić information content (AvgIpc) is 2.35. The predicted molar refractivity (Wildman–Crippen MR) is 81.4 cm³/mol. The van der Waals surface area contributed by atoms with Crippen LogP contribution in [0.5, 0.6) is 0 Å². The molecule has 7 heteroatoms. The van der Waals surface area contributed by atoms with Crippen LogP contribution in [0.15, 0.2) is 27.5 Å². The van der Waals surface area contributed by atoms with Crippen molar-refractivity contribution in [2.45, 2.75) is 6.61 Å². The van der Waals surface area contributed by atoms with Crippen LogP contribution in [0, 0.1) is 9.39 Å². The Morgan fingerprint density at radius 3 is 2.89 bits per heavy atom. The van der Waals surface area contributed by atoms with Crippen LogP contribution >= 0.6 is 38.5 Å². The molecule has 4 nitrogen and oxygen atoms in total. The molecule has 0 amide bonds. The average molecular weight is 439 g/mol. The number of nitrogens with one attached hydrogen (secondary N) is 1. The zero-order valence-corrected chi connectivity index (χ0v) is 13.6. The van der Waals surface area contributed by atoms with Gasteiger partial charge in [0.05, 0.1) is 12.3 Å². The Kier molecular flexibility index (Phi) is 4.69. The van der Waals surface area contributed by atoms with Gasteiger partial charge in [-0.25, -0.2) is 9.37 Å². The number of H-pyrrole nitrogens is 1. The highest BCUT2D eigenvalue weighted by molar-refractivity contribution is 14.1. The molecule has 0 aliphatic rings. The molecule has 0 saturated carbocycles. The summed E-state index contributed by atoms with van der Waals surface area (Å²) in [5, 5.41) is 0. The summed E-state index contributed by atoms with van der Waals surface area (Å²) in [6, 6.07) is 4.19. The first-order chi connectivity index (χ1) is 9.02. The van der Waals surface area contributed by atoms with E-state index in [-0.39, 0.29) is 18.0 Å². The van der Waals surface area contributed by atoms with Gasteiger partial charge in [0.15, 0.2) is 0 Å². The molecular formula is C12H9BrFIN2O2. The van der Waals surface area contributed by atoms with Gasteiger partial charge in [-0.05, 0) is 56.7 Å². The van der Waals surface area contributed by atoms with Gasteiger partial charge in [0.1, 0.15) is 15.2 Å². The summed E-state index contributed by atoms with van der Waals surface area (Å²) < 4.78 is 19.1. The summed E-state index contributed by atoms with van der Waals surface area (Å²) in [5.41, 5.74) is 0.930. The van der Waals surface area contributed by atoms with Crippen molar-refractivity contribution >= 4 is 38.5 Å². The van der Waals surface area contributed by atoms with Crippen molar-refractivity contribution in [1.29, 1.82) is 0 Å². The van der Waals surface area contributed by atoms with E-state index in [1.54, 1.807) is 6.07 Å². The molecule has 2 rings (SSSR count). The normalized spacial score (nSPS) is 10.7. The molecule has 0 atom stereocenters. The quantitative estimate of drug-likeness (QED) is 0.749. The van der Waals surface area contributed by atoms with Gasteiger partial charge in [-0.3, -0.25) is 4.79 Å². The first-order valence-corrected chi connectivity index (χ1v) is 7.13. The summed E-state index contributed by atoms with van der Waals surface area (Å²) in [7, 11) is 1.53. The number of ether oxygens (including phenoxy) is 1. The lowest BCUT2D eigenvalue weighted by Gasteiger charge is -2.07. The number of nitrogens with zero attached hydrogens (tertiary/aromatic N) is 1. The van der Waals surface area contributed by atoms with Gasteiger partial charge in [-0.15, -0.1) is 0 Å². The highest BCUT2D eigenvalue weighted by Gasteiger charge is 2.12. The number of aromatic nitrogens is 2. The van der Waals surface area contributed by atoms with Gasteiger partial charge in [0.2, 0.25) is 0 Å². The lowest BCUT2D eigenvalue weighted by molar-refractivity contribution is 0.180. The van der Waals surface area contributed by atoms with Crippen molar-refractivity contribution in [3.05, 3.63) is 48.1 Å². The van der Waals surface area contributed by atoms with E-state index in [0.29, 0.717) is 25.1 Å². The summed E-state index contributed by atoms with van der Waals surface area (Å²) in [4.78, 5) is 18.9. The van der Waals surface area contributed by atoms with Gasteiger partial charge in [-0.1, -0.05) is 0 Å². The molecule has 1 N–H and O–H groups in total. The Balaban J connectivity index is 2.59. The third-order valence-corrected chi connectivity index (χ3v) is 4.17. The Bertz CT molecular complexity index is 675. The van der Waals surface area contributed by atoms with Crippen LogP contribution in [-0.4, -0.2) is 17.1 Å². The van der Waals surface area contributed by atoms with Gasteiger partial charge in [0.25, 0.3) is 5.56 Å². The van der Waals surface area contributed by atoms with Crippen LogP contribution in [0.3, 0.4) is 0 Å². The van der Waals surface area contributed by atoms with E-state index < -0.39 is 0 Å². The molecule has 0 radical (unpaired) electrons. The maximum atomic E-state index is 13.1. The van der Waals surface area contributed by atoms with Crippen molar-refractivity contribution in [3.8, 4) is 11.4 Å². The minimum atomic E-state index is -0.361. The molecule has 1 aromatic carbocycles. The molecule has 0 unspecified atom stereocenters. The molecule has 19 heavy (non-hydrogen) atoms. The topological polar surface area (TPSA) is 55.0 Å². The Hall–Kier alpha value is -0.800. The summed E-state index contributed by atoms with van der Waals surface area (Å²) >= 11 is 5.18. The maximum absolute atomic E-state index is 13.1. The largest absolute Gasteiger partial charge is 0.378 e. The van der Waals surface area contributed by atoms with Crippen LogP contribution in [0.4, 0.5) is 4.39 Å². The Labute approximate surface area is 130 Å². The Morgan fingerprint density at radius 1 is 1.53 bits per heavy atom. The van der Waals surface area contributed by atoms with E-state index in [2.05, 4.69) is 25.9 Å². The second kappa shape index (κ2) is 6.10. The van der Waals surface area contributed by atoms with Crippen LogP contribution in [0.1, 0.15) is 5.69 Å². The van der Waals surface area contributed by atoms with Crippen molar-refractivity contribution in [2.75, 3.05) is 7.11 Å².